The van der Waals surface area contributed by atoms with Gasteiger partial charge in [-0.3, -0.25) is 4.79 Å². The fraction of sp³-hybridized carbons (Fsp3) is 0.500. The number of nitrogens with zero attached hydrogens (tertiary/aromatic N) is 1. The molecule has 0 atom stereocenters. The molecular formula is C8H9NO2S2. The van der Waals surface area contributed by atoms with Crippen molar-refractivity contribution in [3.05, 3.63) is 11.1 Å². The zero-order valence-electron chi connectivity index (χ0n) is 6.90. The molecule has 0 aliphatic heterocycles. The molecule has 1 aliphatic rings. The Balaban J connectivity index is 1.92. The van der Waals surface area contributed by atoms with E-state index in [0.29, 0.717) is 5.92 Å². The molecule has 1 aromatic heterocycles. The lowest BCUT2D eigenvalue weighted by Crippen LogP contribution is -1.97. The number of thiazole rings is 1. The lowest BCUT2D eigenvalue weighted by molar-refractivity contribution is -0.133. The van der Waals surface area contributed by atoms with E-state index in [1.54, 1.807) is 11.3 Å². The van der Waals surface area contributed by atoms with E-state index >= 15 is 0 Å². The Morgan fingerprint density at radius 2 is 2.54 bits per heavy atom. The van der Waals surface area contributed by atoms with Gasteiger partial charge in [-0.1, -0.05) is 11.8 Å². The van der Waals surface area contributed by atoms with Crippen LogP contribution in [0.2, 0.25) is 0 Å². The summed E-state index contributed by atoms with van der Waals surface area (Å²) in [5.74, 6) is -0.0129. The molecule has 1 aromatic rings. The Morgan fingerprint density at radius 1 is 1.77 bits per heavy atom. The number of hydrogen-bond donors (Lipinski definition) is 1. The Hall–Kier alpha value is -0.550. The molecule has 0 bridgehead atoms. The number of aromatic nitrogens is 1. The topological polar surface area (TPSA) is 50.2 Å². The first-order valence-corrected chi connectivity index (χ1v) is 5.92. The fourth-order valence-corrected chi connectivity index (χ4v) is 2.66. The van der Waals surface area contributed by atoms with Crippen LogP contribution in [0, 0.1) is 0 Å². The van der Waals surface area contributed by atoms with Crippen LogP contribution >= 0.6 is 23.1 Å². The summed E-state index contributed by atoms with van der Waals surface area (Å²) >= 11 is 2.85. The van der Waals surface area contributed by atoms with Crippen LogP contribution < -0.4 is 0 Å². The van der Waals surface area contributed by atoms with Gasteiger partial charge in [0.2, 0.25) is 0 Å². The monoisotopic (exact) mass is 215 g/mol. The van der Waals surface area contributed by atoms with E-state index in [0.717, 1.165) is 10.0 Å². The van der Waals surface area contributed by atoms with Crippen LogP contribution in [-0.4, -0.2) is 21.8 Å². The Kier molecular flexibility index (Phi) is 2.55. The minimum absolute atomic E-state index is 0.109. The van der Waals surface area contributed by atoms with E-state index in [1.807, 2.05) is 5.38 Å². The van der Waals surface area contributed by atoms with Crippen molar-refractivity contribution in [1.29, 1.82) is 0 Å². The molecular weight excluding hydrogens is 206 g/mol. The first-order valence-electron chi connectivity index (χ1n) is 4.05. The van der Waals surface area contributed by atoms with Crippen molar-refractivity contribution >= 4 is 29.1 Å². The molecule has 1 aliphatic carbocycles. The predicted octanol–water partition coefficient (Wildman–Crippen LogP) is 2.20. The maximum absolute atomic E-state index is 10.3. The van der Waals surface area contributed by atoms with E-state index < -0.39 is 5.97 Å². The second-order valence-corrected chi connectivity index (χ2v) is 5.08. The van der Waals surface area contributed by atoms with Gasteiger partial charge in [-0.25, -0.2) is 4.98 Å². The van der Waals surface area contributed by atoms with Crippen molar-refractivity contribution < 1.29 is 9.90 Å². The minimum atomic E-state index is -0.784. The molecule has 0 radical (unpaired) electrons. The molecule has 0 aromatic carbocycles. The smallest absolute Gasteiger partial charge is 0.313 e. The molecule has 0 unspecified atom stereocenters. The van der Waals surface area contributed by atoms with Gasteiger partial charge in [0.25, 0.3) is 0 Å². The average Bonchev–Trinajstić information content (AvgIpc) is 2.83. The van der Waals surface area contributed by atoms with Crippen molar-refractivity contribution in [2.75, 3.05) is 5.75 Å². The third-order valence-electron chi connectivity index (χ3n) is 1.82. The number of thioether (sulfide) groups is 1. The molecule has 0 amide bonds. The van der Waals surface area contributed by atoms with Gasteiger partial charge in [-0.2, -0.15) is 0 Å². The van der Waals surface area contributed by atoms with Crippen LogP contribution in [0.25, 0.3) is 0 Å². The predicted molar refractivity (Wildman–Crippen MR) is 52.4 cm³/mol. The van der Waals surface area contributed by atoms with Crippen LogP contribution in [0.15, 0.2) is 9.72 Å². The van der Waals surface area contributed by atoms with E-state index in [4.69, 9.17) is 5.11 Å². The summed E-state index contributed by atoms with van der Waals surface area (Å²) in [6.45, 7) is 0. The Labute approximate surface area is 84.2 Å². The van der Waals surface area contributed by atoms with Crippen LogP contribution in [0.4, 0.5) is 0 Å². The van der Waals surface area contributed by atoms with Gasteiger partial charge in [-0.15, -0.1) is 11.3 Å². The van der Waals surface area contributed by atoms with Crippen molar-refractivity contribution in [3.63, 3.8) is 0 Å². The molecule has 1 N–H and O–H groups in total. The standard InChI is InChI=1S/C8H9NO2S2/c10-7(11)4-13-8-9-6(3-12-8)5-1-2-5/h3,5H,1-2,4H2,(H,10,11). The molecule has 1 fully saturated rings. The highest BCUT2D eigenvalue weighted by atomic mass is 32.2. The average molecular weight is 215 g/mol. The molecule has 0 spiro atoms. The quantitative estimate of drug-likeness (QED) is 0.782. The summed E-state index contributed by atoms with van der Waals surface area (Å²) in [6.07, 6.45) is 2.49. The van der Waals surface area contributed by atoms with Crippen LogP contribution in [0.5, 0.6) is 0 Å². The van der Waals surface area contributed by atoms with Gasteiger partial charge in [-0.05, 0) is 12.8 Å². The van der Waals surface area contributed by atoms with Crippen LogP contribution in [-0.2, 0) is 4.79 Å². The summed E-state index contributed by atoms with van der Waals surface area (Å²) in [5, 5.41) is 10.5. The largest absolute Gasteiger partial charge is 0.481 e. The van der Waals surface area contributed by atoms with E-state index in [1.165, 1.54) is 24.6 Å². The summed E-state index contributed by atoms with van der Waals surface area (Å²) in [7, 11) is 0. The zero-order valence-corrected chi connectivity index (χ0v) is 8.53. The lowest BCUT2D eigenvalue weighted by Gasteiger charge is -1.90. The molecule has 13 heavy (non-hydrogen) atoms. The highest BCUT2D eigenvalue weighted by molar-refractivity contribution is 8.01. The molecule has 1 saturated carbocycles. The molecule has 0 saturated heterocycles. The summed E-state index contributed by atoms with van der Waals surface area (Å²) in [4.78, 5) is 14.6. The zero-order chi connectivity index (χ0) is 9.26. The third-order valence-corrected chi connectivity index (χ3v) is 3.84. The van der Waals surface area contributed by atoms with Gasteiger partial charge in [0.15, 0.2) is 4.34 Å². The van der Waals surface area contributed by atoms with Crippen molar-refractivity contribution in [2.45, 2.75) is 23.1 Å². The van der Waals surface area contributed by atoms with Crippen LogP contribution in [0.3, 0.4) is 0 Å². The van der Waals surface area contributed by atoms with Gasteiger partial charge >= 0.3 is 5.97 Å². The number of carboxylic acids is 1. The van der Waals surface area contributed by atoms with E-state index in [-0.39, 0.29) is 5.75 Å². The van der Waals surface area contributed by atoms with Crippen molar-refractivity contribution in [3.8, 4) is 0 Å². The van der Waals surface area contributed by atoms with Gasteiger partial charge in [0.05, 0.1) is 11.4 Å². The van der Waals surface area contributed by atoms with Crippen LogP contribution in [0.1, 0.15) is 24.5 Å². The maximum atomic E-state index is 10.3. The number of carbonyl (C=O) groups is 1. The first kappa shape index (κ1) is 9.02. The molecule has 5 heteroatoms. The Morgan fingerprint density at radius 3 is 3.15 bits per heavy atom. The molecule has 2 rings (SSSR count). The fourth-order valence-electron chi connectivity index (χ4n) is 1.03. The molecule has 70 valence electrons. The van der Waals surface area contributed by atoms with Gasteiger partial charge in [0, 0.05) is 11.3 Å². The summed E-state index contributed by atoms with van der Waals surface area (Å²) in [5.41, 5.74) is 1.15. The molecule has 3 nitrogen and oxygen atoms in total. The van der Waals surface area contributed by atoms with Gasteiger partial charge < -0.3 is 5.11 Å². The normalized spacial score (nSPS) is 16.0. The summed E-state index contributed by atoms with van der Waals surface area (Å²) < 4.78 is 0.879. The second-order valence-electron chi connectivity index (χ2n) is 2.99. The van der Waals surface area contributed by atoms with Crippen molar-refractivity contribution in [2.24, 2.45) is 0 Å². The third kappa shape index (κ3) is 2.45. The SMILES string of the molecule is O=C(O)CSc1nc(C2CC2)cs1. The highest BCUT2D eigenvalue weighted by Crippen LogP contribution is 2.41. The summed E-state index contributed by atoms with van der Waals surface area (Å²) in [6, 6.07) is 0. The number of aliphatic carboxylic acids is 1. The highest BCUT2D eigenvalue weighted by Gasteiger charge is 2.26. The lowest BCUT2D eigenvalue weighted by atomic mass is 10.3. The molecule has 1 heterocycles. The Bertz CT molecular complexity index is 320. The first-order chi connectivity index (χ1) is 6.25. The van der Waals surface area contributed by atoms with E-state index in [9.17, 15) is 4.79 Å². The maximum Gasteiger partial charge on any atom is 0.313 e. The second kappa shape index (κ2) is 3.67. The number of carboxylic acid groups (broad SMARTS) is 1. The number of rotatable bonds is 4. The van der Waals surface area contributed by atoms with Gasteiger partial charge in [0.1, 0.15) is 0 Å². The van der Waals surface area contributed by atoms with Crippen molar-refractivity contribution in [1.82, 2.24) is 4.98 Å². The van der Waals surface area contributed by atoms with E-state index in [2.05, 4.69) is 4.98 Å². The minimum Gasteiger partial charge on any atom is -0.481 e. The number of hydrogen-bond acceptors (Lipinski definition) is 4.